The number of piperidine rings is 1. The molecule has 7 nitrogen and oxygen atoms in total. The molecule has 2 aliphatic rings. The molecule has 0 spiro atoms. The fraction of sp³-hybridized carbons (Fsp3) is 0.478. The largest absolute Gasteiger partial charge is 0.484 e. The number of amides is 1. The number of ether oxygens (including phenoxy) is 3. The summed E-state index contributed by atoms with van der Waals surface area (Å²) >= 11 is 0. The summed E-state index contributed by atoms with van der Waals surface area (Å²) in [5.74, 6) is -0.353. The molecule has 2 heterocycles. The molecular formula is C23H29FN2O5. The third-order valence-corrected chi connectivity index (χ3v) is 5.71. The van der Waals surface area contributed by atoms with E-state index in [2.05, 4.69) is 11.9 Å². The van der Waals surface area contributed by atoms with Crippen molar-refractivity contribution in [3.8, 4) is 5.75 Å². The van der Waals surface area contributed by atoms with Crippen molar-refractivity contribution >= 4 is 12.2 Å². The van der Waals surface area contributed by atoms with E-state index in [0.29, 0.717) is 50.0 Å². The second-order valence-electron chi connectivity index (χ2n) is 7.81. The topological polar surface area (TPSA) is 77.1 Å². The molecule has 0 aromatic heterocycles. The number of halogens is 1. The summed E-state index contributed by atoms with van der Waals surface area (Å²) in [5, 5.41) is 3.15. The summed E-state index contributed by atoms with van der Waals surface area (Å²) in [6, 6.07) is 3.84. The molecule has 2 unspecified atom stereocenters. The van der Waals surface area contributed by atoms with Crippen molar-refractivity contribution in [2.45, 2.75) is 43.7 Å². The molecule has 0 saturated carbocycles. The molecule has 1 aromatic carbocycles. The van der Waals surface area contributed by atoms with E-state index in [1.165, 1.54) is 19.2 Å². The van der Waals surface area contributed by atoms with E-state index in [0.717, 1.165) is 12.5 Å². The van der Waals surface area contributed by atoms with Crippen molar-refractivity contribution in [1.82, 2.24) is 10.2 Å². The van der Waals surface area contributed by atoms with Gasteiger partial charge < -0.3 is 19.1 Å². The first-order chi connectivity index (χ1) is 14.9. The second kappa shape index (κ2) is 10.2. The van der Waals surface area contributed by atoms with Gasteiger partial charge in [-0.05, 0) is 31.0 Å². The van der Waals surface area contributed by atoms with E-state index >= 15 is 0 Å². The number of nitrogens with one attached hydrogen (secondary N) is 1. The monoisotopic (exact) mass is 432 g/mol. The molecule has 3 atom stereocenters. The molecule has 1 N–H and O–H groups in total. The SMILES string of the molecule is C=CC[C@]1(Oc2ccc(F)cc2C=O)CCCN(C(=O)C2=CCC(OC)NC2OC)C1. The minimum atomic E-state index is -0.758. The normalized spacial score (nSPS) is 26.2. The summed E-state index contributed by atoms with van der Waals surface area (Å²) in [4.78, 5) is 26.5. The van der Waals surface area contributed by atoms with Gasteiger partial charge in [0.05, 0.1) is 17.7 Å². The van der Waals surface area contributed by atoms with Gasteiger partial charge >= 0.3 is 0 Å². The minimum absolute atomic E-state index is 0.135. The van der Waals surface area contributed by atoms with Gasteiger partial charge in [0.25, 0.3) is 5.91 Å². The van der Waals surface area contributed by atoms with Gasteiger partial charge in [-0.2, -0.15) is 0 Å². The van der Waals surface area contributed by atoms with Crippen LogP contribution in [0.1, 0.15) is 36.0 Å². The van der Waals surface area contributed by atoms with Crippen molar-refractivity contribution in [2.24, 2.45) is 0 Å². The van der Waals surface area contributed by atoms with E-state index < -0.39 is 17.6 Å². The first kappa shape index (κ1) is 23.1. The Hall–Kier alpha value is -2.55. The molecule has 31 heavy (non-hydrogen) atoms. The van der Waals surface area contributed by atoms with Crippen LogP contribution in [0.15, 0.2) is 42.5 Å². The van der Waals surface area contributed by atoms with Crippen molar-refractivity contribution in [3.05, 3.63) is 53.9 Å². The van der Waals surface area contributed by atoms with Gasteiger partial charge in [0.2, 0.25) is 0 Å². The molecule has 1 amide bonds. The average Bonchev–Trinajstić information content (AvgIpc) is 2.79. The van der Waals surface area contributed by atoms with Crippen molar-refractivity contribution in [3.63, 3.8) is 0 Å². The average molecular weight is 432 g/mol. The molecule has 1 aromatic rings. The van der Waals surface area contributed by atoms with Crippen LogP contribution in [0.25, 0.3) is 0 Å². The van der Waals surface area contributed by atoms with E-state index in [-0.39, 0.29) is 17.7 Å². The minimum Gasteiger partial charge on any atom is -0.484 e. The third kappa shape index (κ3) is 5.20. The Morgan fingerprint density at radius 1 is 1.39 bits per heavy atom. The number of benzene rings is 1. The number of aldehydes is 1. The number of rotatable bonds is 8. The Bertz CT molecular complexity index is 858. The van der Waals surface area contributed by atoms with Crippen LogP contribution in [-0.2, 0) is 14.3 Å². The Labute approximate surface area is 181 Å². The first-order valence-corrected chi connectivity index (χ1v) is 10.3. The molecule has 2 aliphatic heterocycles. The first-order valence-electron chi connectivity index (χ1n) is 10.3. The summed E-state index contributed by atoms with van der Waals surface area (Å²) in [6.45, 7) is 4.72. The molecule has 8 heteroatoms. The fourth-order valence-electron chi connectivity index (χ4n) is 4.17. The van der Waals surface area contributed by atoms with Gasteiger partial charge in [0.1, 0.15) is 29.6 Å². The van der Waals surface area contributed by atoms with Crippen molar-refractivity contribution in [1.29, 1.82) is 0 Å². The molecule has 0 bridgehead atoms. The van der Waals surface area contributed by atoms with E-state index in [4.69, 9.17) is 14.2 Å². The number of hydrogen-bond donors (Lipinski definition) is 1. The molecule has 168 valence electrons. The molecule has 3 rings (SSSR count). The highest BCUT2D eigenvalue weighted by atomic mass is 19.1. The summed E-state index contributed by atoms with van der Waals surface area (Å²) in [6.07, 6.45) is 5.79. The van der Waals surface area contributed by atoms with Gasteiger partial charge in [0.15, 0.2) is 6.29 Å². The van der Waals surface area contributed by atoms with Gasteiger partial charge in [-0.25, -0.2) is 4.39 Å². The summed E-state index contributed by atoms with van der Waals surface area (Å²) in [5.41, 5.74) is -0.0948. The highest BCUT2D eigenvalue weighted by molar-refractivity contribution is 5.94. The van der Waals surface area contributed by atoms with Crippen LogP contribution in [0.4, 0.5) is 4.39 Å². The van der Waals surface area contributed by atoms with Crippen LogP contribution in [0.2, 0.25) is 0 Å². The van der Waals surface area contributed by atoms with Crippen LogP contribution in [-0.4, -0.2) is 62.5 Å². The maximum atomic E-state index is 13.5. The standard InChI is InChI=1S/C23H29FN2O5/c1-4-10-23(31-19-8-6-17(24)13-16(19)14-27)11-5-12-26(15-23)22(28)18-7-9-20(29-2)25-21(18)30-3/h4,6-8,13-14,20-21,25H,1,5,9-12,15H2,2-3H3/t20?,21?,23-/m0/s1. The predicted molar refractivity (Wildman–Crippen MR) is 113 cm³/mol. The Balaban J connectivity index is 1.83. The van der Waals surface area contributed by atoms with Gasteiger partial charge in [-0.1, -0.05) is 12.2 Å². The Morgan fingerprint density at radius 2 is 2.19 bits per heavy atom. The molecule has 1 fully saturated rings. The van der Waals surface area contributed by atoms with E-state index in [9.17, 15) is 14.0 Å². The second-order valence-corrected chi connectivity index (χ2v) is 7.81. The van der Waals surface area contributed by atoms with Gasteiger partial charge in [0, 0.05) is 33.6 Å². The van der Waals surface area contributed by atoms with Crippen LogP contribution in [0.5, 0.6) is 5.75 Å². The van der Waals surface area contributed by atoms with Crippen LogP contribution in [0.3, 0.4) is 0 Å². The highest BCUT2D eigenvalue weighted by Gasteiger charge is 2.41. The zero-order valence-corrected chi connectivity index (χ0v) is 17.9. The highest BCUT2D eigenvalue weighted by Crippen LogP contribution is 2.33. The Kier molecular flexibility index (Phi) is 7.59. The van der Waals surface area contributed by atoms with Crippen LogP contribution < -0.4 is 10.1 Å². The summed E-state index contributed by atoms with van der Waals surface area (Å²) < 4.78 is 30.6. The number of likely N-dealkylation sites (tertiary alicyclic amines) is 1. The lowest BCUT2D eigenvalue weighted by atomic mass is 9.88. The Morgan fingerprint density at radius 3 is 2.87 bits per heavy atom. The molecular weight excluding hydrogens is 403 g/mol. The van der Waals surface area contributed by atoms with Crippen molar-refractivity contribution < 1.29 is 28.2 Å². The lowest BCUT2D eigenvalue weighted by Gasteiger charge is -2.43. The predicted octanol–water partition coefficient (Wildman–Crippen LogP) is 2.82. The van der Waals surface area contributed by atoms with Crippen LogP contribution in [0, 0.1) is 5.82 Å². The maximum Gasteiger partial charge on any atom is 0.253 e. The number of carbonyl (C=O) groups is 2. The number of nitrogens with zero attached hydrogens (tertiary/aromatic N) is 1. The molecule has 1 saturated heterocycles. The quantitative estimate of drug-likeness (QED) is 0.503. The molecule has 0 aliphatic carbocycles. The van der Waals surface area contributed by atoms with Gasteiger partial charge in [-0.3, -0.25) is 14.9 Å². The maximum absolute atomic E-state index is 13.5. The smallest absolute Gasteiger partial charge is 0.253 e. The zero-order valence-electron chi connectivity index (χ0n) is 17.9. The summed E-state index contributed by atoms with van der Waals surface area (Å²) in [7, 11) is 3.13. The molecule has 0 radical (unpaired) electrons. The van der Waals surface area contributed by atoms with Crippen molar-refractivity contribution in [2.75, 3.05) is 27.3 Å². The van der Waals surface area contributed by atoms with E-state index in [1.807, 2.05) is 6.08 Å². The van der Waals surface area contributed by atoms with Crippen LogP contribution >= 0.6 is 0 Å². The lowest BCUT2D eigenvalue weighted by molar-refractivity contribution is -0.135. The van der Waals surface area contributed by atoms with E-state index in [1.54, 1.807) is 18.1 Å². The fourth-order valence-corrected chi connectivity index (χ4v) is 4.17. The third-order valence-electron chi connectivity index (χ3n) is 5.71. The number of carbonyl (C=O) groups excluding carboxylic acids is 2. The lowest BCUT2D eigenvalue weighted by Crippen LogP contribution is -2.56. The zero-order chi connectivity index (χ0) is 22.4. The van der Waals surface area contributed by atoms with Gasteiger partial charge in [-0.15, -0.1) is 6.58 Å². The number of methoxy groups -OCH3 is 2. The number of hydrogen-bond acceptors (Lipinski definition) is 6.